The van der Waals surface area contributed by atoms with Crippen molar-refractivity contribution >= 4 is 17.2 Å². The molecule has 2 N–H and O–H groups in total. The first-order chi connectivity index (χ1) is 14.4. The summed E-state index contributed by atoms with van der Waals surface area (Å²) < 4.78 is 1.97. The molecule has 0 saturated carbocycles. The van der Waals surface area contributed by atoms with Gasteiger partial charge in [-0.15, -0.1) is 11.3 Å². The predicted molar refractivity (Wildman–Crippen MR) is 119 cm³/mol. The summed E-state index contributed by atoms with van der Waals surface area (Å²) in [5.74, 6) is 0.470. The fourth-order valence-electron chi connectivity index (χ4n) is 4.79. The molecule has 4 heterocycles. The van der Waals surface area contributed by atoms with E-state index in [1.807, 2.05) is 27.8 Å². The molecule has 2 aromatic rings. The van der Waals surface area contributed by atoms with Crippen LogP contribution in [0.15, 0.2) is 22.3 Å². The number of fused-ring (bicyclic) bond motifs is 4. The monoisotopic (exact) mass is 429 g/mol. The number of hydrogen-bond donors (Lipinski definition) is 1. The second kappa shape index (κ2) is 8.61. The largest absolute Gasteiger partial charge is 0.336 e. The third-order valence-corrected chi connectivity index (χ3v) is 7.19. The summed E-state index contributed by atoms with van der Waals surface area (Å²) in [6.07, 6.45) is 2.10. The van der Waals surface area contributed by atoms with Gasteiger partial charge in [0, 0.05) is 48.7 Å². The molecule has 2 aliphatic rings. The number of amides is 1. The minimum atomic E-state index is -0.165. The molecule has 0 aromatic carbocycles. The van der Waals surface area contributed by atoms with Gasteiger partial charge in [-0.05, 0) is 45.3 Å². The van der Waals surface area contributed by atoms with Gasteiger partial charge in [-0.3, -0.25) is 9.59 Å². The average Bonchev–Trinajstić information content (AvgIpc) is 3.20. The Morgan fingerprint density at radius 3 is 2.87 bits per heavy atom. The summed E-state index contributed by atoms with van der Waals surface area (Å²) >= 11 is 1.44. The number of piperidine rings is 1. The van der Waals surface area contributed by atoms with Crippen LogP contribution in [0.2, 0.25) is 0 Å². The van der Waals surface area contributed by atoms with Crippen molar-refractivity contribution < 1.29 is 4.79 Å². The SMILES string of the molecule is CCCN(C)Cc1ccc2n(c1=O)C[C@H]1C[C@@H]2CN(C(=O)c2csc([C@H](C)N)n2)C1. The Kier molecular flexibility index (Phi) is 6.09. The van der Waals surface area contributed by atoms with Crippen molar-refractivity contribution in [2.45, 2.75) is 51.7 Å². The van der Waals surface area contributed by atoms with Crippen LogP contribution in [-0.2, 0) is 13.1 Å². The number of rotatable bonds is 6. The molecule has 7 nitrogen and oxygen atoms in total. The predicted octanol–water partition coefficient (Wildman–Crippen LogP) is 2.43. The van der Waals surface area contributed by atoms with Crippen LogP contribution in [0.5, 0.6) is 0 Å². The van der Waals surface area contributed by atoms with E-state index in [0.29, 0.717) is 37.8 Å². The van der Waals surface area contributed by atoms with Gasteiger partial charge in [0.25, 0.3) is 11.5 Å². The number of carbonyl (C=O) groups is 1. The Bertz CT molecular complexity index is 982. The molecular weight excluding hydrogens is 398 g/mol. The number of hydrogen-bond acceptors (Lipinski definition) is 6. The Labute approximate surface area is 181 Å². The average molecular weight is 430 g/mol. The first-order valence-corrected chi connectivity index (χ1v) is 11.7. The topological polar surface area (TPSA) is 84.5 Å². The normalized spacial score (nSPS) is 21.6. The van der Waals surface area contributed by atoms with Crippen molar-refractivity contribution in [3.8, 4) is 0 Å². The zero-order valence-corrected chi connectivity index (χ0v) is 18.8. The second-order valence-corrected chi connectivity index (χ2v) is 9.70. The van der Waals surface area contributed by atoms with Crippen molar-refractivity contribution in [3.63, 3.8) is 0 Å². The van der Waals surface area contributed by atoms with E-state index in [2.05, 4.69) is 29.9 Å². The number of carbonyl (C=O) groups excluding carboxylic acids is 1. The van der Waals surface area contributed by atoms with Crippen LogP contribution in [0.1, 0.15) is 65.4 Å². The van der Waals surface area contributed by atoms with Crippen molar-refractivity contribution in [2.75, 3.05) is 26.7 Å². The molecule has 0 unspecified atom stereocenters. The summed E-state index contributed by atoms with van der Waals surface area (Å²) in [7, 11) is 2.06. The van der Waals surface area contributed by atoms with Gasteiger partial charge in [0.15, 0.2) is 0 Å². The first kappa shape index (κ1) is 21.2. The van der Waals surface area contributed by atoms with Crippen LogP contribution in [0.25, 0.3) is 0 Å². The van der Waals surface area contributed by atoms with Gasteiger partial charge < -0.3 is 20.1 Å². The third kappa shape index (κ3) is 4.08. The minimum absolute atomic E-state index is 0.0264. The van der Waals surface area contributed by atoms with Crippen LogP contribution < -0.4 is 11.3 Å². The van der Waals surface area contributed by atoms with E-state index in [0.717, 1.165) is 35.7 Å². The fraction of sp³-hybridized carbons (Fsp3) is 0.591. The van der Waals surface area contributed by atoms with Crippen LogP contribution in [0.4, 0.5) is 0 Å². The maximum Gasteiger partial charge on any atom is 0.273 e. The quantitative estimate of drug-likeness (QED) is 0.762. The number of aromatic nitrogens is 2. The molecule has 0 aliphatic carbocycles. The van der Waals surface area contributed by atoms with Crippen LogP contribution in [0.3, 0.4) is 0 Å². The molecular formula is C22H31N5O2S. The van der Waals surface area contributed by atoms with E-state index in [4.69, 9.17) is 5.73 Å². The molecule has 1 amide bonds. The van der Waals surface area contributed by atoms with Crippen molar-refractivity contribution in [1.82, 2.24) is 19.4 Å². The summed E-state index contributed by atoms with van der Waals surface area (Å²) in [6.45, 7) is 7.67. The Morgan fingerprint density at radius 2 is 2.17 bits per heavy atom. The Hall–Kier alpha value is -2.03. The molecule has 2 bridgehead atoms. The lowest BCUT2D eigenvalue weighted by Gasteiger charge is -2.42. The van der Waals surface area contributed by atoms with Gasteiger partial charge in [-0.2, -0.15) is 0 Å². The molecule has 1 saturated heterocycles. The van der Waals surface area contributed by atoms with Gasteiger partial charge in [0.2, 0.25) is 0 Å². The van der Waals surface area contributed by atoms with Crippen molar-refractivity contribution in [1.29, 1.82) is 0 Å². The van der Waals surface area contributed by atoms with E-state index in [-0.39, 0.29) is 23.4 Å². The van der Waals surface area contributed by atoms with Crippen LogP contribution in [0, 0.1) is 5.92 Å². The summed E-state index contributed by atoms with van der Waals surface area (Å²) in [4.78, 5) is 34.7. The van der Waals surface area contributed by atoms with E-state index < -0.39 is 0 Å². The molecule has 2 aliphatic heterocycles. The summed E-state index contributed by atoms with van der Waals surface area (Å²) in [5.41, 5.74) is 8.43. The van der Waals surface area contributed by atoms with Gasteiger partial charge in [0.1, 0.15) is 10.7 Å². The van der Waals surface area contributed by atoms with E-state index in [9.17, 15) is 9.59 Å². The highest BCUT2D eigenvalue weighted by Crippen LogP contribution is 2.36. The maximum absolute atomic E-state index is 13.1. The van der Waals surface area contributed by atoms with Crippen molar-refractivity contribution in [2.24, 2.45) is 11.7 Å². The Balaban J connectivity index is 1.54. The molecule has 4 rings (SSSR count). The highest BCUT2D eigenvalue weighted by molar-refractivity contribution is 7.09. The Morgan fingerprint density at radius 1 is 1.37 bits per heavy atom. The minimum Gasteiger partial charge on any atom is -0.336 e. The maximum atomic E-state index is 13.1. The van der Waals surface area contributed by atoms with Gasteiger partial charge in [0.05, 0.1) is 6.04 Å². The zero-order chi connectivity index (χ0) is 21.4. The molecule has 30 heavy (non-hydrogen) atoms. The standard InChI is InChI=1S/C22H31N5O2S/c1-4-7-25(3)11-16-5-6-19-17-8-15(10-27(19)21(16)28)9-26(12-17)22(29)18-13-30-20(24-18)14(2)23/h5-6,13-15,17H,4,7-12,23H2,1-3H3/t14-,15-,17+/m0/s1. The molecule has 0 radical (unpaired) electrons. The lowest BCUT2D eigenvalue weighted by Crippen LogP contribution is -2.49. The van der Waals surface area contributed by atoms with E-state index >= 15 is 0 Å². The van der Waals surface area contributed by atoms with Gasteiger partial charge in [-0.25, -0.2) is 4.98 Å². The first-order valence-electron chi connectivity index (χ1n) is 10.8. The summed E-state index contributed by atoms with van der Waals surface area (Å²) in [6, 6.07) is 3.92. The lowest BCUT2D eigenvalue weighted by molar-refractivity contribution is 0.0589. The van der Waals surface area contributed by atoms with Crippen molar-refractivity contribution in [3.05, 3.63) is 49.8 Å². The highest BCUT2D eigenvalue weighted by Gasteiger charge is 2.37. The molecule has 3 atom stereocenters. The number of nitrogens with two attached hydrogens (primary N) is 1. The lowest BCUT2D eigenvalue weighted by atomic mass is 9.83. The number of pyridine rings is 1. The molecule has 0 spiro atoms. The summed E-state index contributed by atoms with van der Waals surface area (Å²) in [5, 5.41) is 2.59. The van der Waals surface area contributed by atoms with E-state index in [1.165, 1.54) is 11.3 Å². The number of nitrogens with zero attached hydrogens (tertiary/aromatic N) is 4. The van der Waals surface area contributed by atoms with Crippen LogP contribution in [-0.4, -0.2) is 51.9 Å². The molecule has 162 valence electrons. The highest BCUT2D eigenvalue weighted by atomic mass is 32.1. The fourth-order valence-corrected chi connectivity index (χ4v) is 5.54. The van der Waals surface area contributed by atoms with Gasteiger partial charge in [-0.1, -0.05) is 13.0 Å². The van der Waals surface area contributed by atoms with Crippen LogP contribution >= 0.6 is 11.3 Å². The molecule has 2 aromatic heterocycles. The molecule has 1 fully saturated rings. The second-order valence-electron chi connectivity index (χ2n) is 8.81. The smallest absolute Gasteiger partial charge is 0.273 e. The zero-order valence-electron chi connectivity index (χ0n) is 18.0. The third-order valence-electron chi connectivity index (χ3n) is 6.15. The van der Waals surface area contributed by atoms with Gasteiger partial charge >= 0.3 is 0 Å². The number of likely N-dealkylation sites (tertiary alicyclic amines) is 1. The number of thiazole rings is 1. The molecule has 8 heteroatoms. The van der Waals surface area contributed by atoms with E-state index in [1.54, 1.807) is 0 Å².